The molecule has 2 fully saturated rings. The van der Waals surface area contributed by atoms with Gasteiger partial charge in [0.1, 0.15) is 0 Å². The molecule has 3 nitrogen and oxygen atoms in total. The highest BCUT2D eigenvalue weighted by molar-refractivity contribution is 5.80. The third-order valence-corrected chi connectivity index (χ3v) is 4.63. The molecule has 0 spiro atoms. The van der Waals surface area contributed by atoms with E-state index in [0.717, 1.165) is 32.3 Å². The van der Waals surface area contributed by atoms with Crippen molar-refractivity contribution in [3.8, 4) is 0 Å². The molecule has 1 aromatic rings. The molecule has 1 aliphatic carbocycles. The molecule has 1 unspecified atom stereocenters. The van der Waals surface area contributed by atoms with Crippen LogP contribution in [0, 0.1) is 5.92 Å². The minimum absolute atomic E-state index is 0.0268. The number of benzene rings is 1. The highest BCUT2D eigenvalue weighted by atomic mass is 16.5. The van der Waals surface area contributed by atoms with Crippen LogP contribution >= 0.6 is 0 Å². The minimum atomic E-state index is -0.0268. The van der Waals surface area contributed by atoms with Crippen molar-refractivity contribution in [2.24, 2.45) is 5.92 Å². The first-order valence-corrected chi connectivity index (χ1v) is 7.71. The van der Waals surface area contributed by atoms with Crippen LogP contribution in [-0.2, 0) is 16.0 Å². The van der Waals surface area contributed by atoms with Crippen molar-refractivity contribution in [2.75, 3.05) is 13.2 Å². The number of carbonyl (C=O) groups is 1. The fraction of sp³-hybridized carbons (Fsp3) is 0.588. The van der Waals surface area contributed by atoms with Gasteiger partial charge >= 0.3 is 0 Å². The maximum atomic E-state index is 12.4. The molecule has 2 aliphatic rings. The molecular formula is C17H23NO2. The molecule has 20 heavy (non-hydrogen) atoms. The van der Waals surface area contributed by atoms with E-state index in [9.17, 15) is 4.79 Å². The first kappa shape index (κ1) is 13.6. The van der Waals surface area contributed by atoms with Crippen LogP contribution in [0.2, 0.25) is 0 Å². The summed E-state index contributed by atoms with van der Waals surface area (Å²) >= 11 is 0. The van der Waals surface area contributed by atoms with E-state index in [1.165, 1.54) is 18.4 Å². The predicted octanol–water partition coefficient (Wildman–Crippen LogP) is 2.69. The average Bonchev–Trinajstić information content (AvgIpc) is 3.11. The fourth-order valence-electron chi connectivity index (χ4n) is 3.49. The average molecular weight is 273 g/mol. The summed E-state index contributed by atoms with van der Waals surface area (Å²) < 4.78 is 5.33. The highest BCUT2D eigenvalue weighted by Gasteiger charge is 2.37. The molecule has 1 heterocycles. The Morgan fingerprint density at radius 2 is 2.00 bits per heavy atom. The van der Waals surface area contributed by atoms with Crippen molar-refractivity contribution in [2.45, 2.75) is 44.1 Å². The Morgan fingerprint density at radius 3 is 2.65 bits per heavy atom. The molecule has 1 saturated heterocycles. The quantitative estimate of drug-likeness (QED) is 0.916. The molecule has 0 radical (unpaired) electrons. The third kappa shape index (κ3) is 3.04. The van der Waals surface area contributed by atoms with Gasteiger partial charge in [0.15, 0.2) is 0 Å². The maximum absolute atomic E-state index is 12.4. The van der Waals surface area contributed by atoms with Crippen LogP contribution in [0.1, 0.15) is 37.7 Å². The van der Waals surface area contributed by atoms with Crippen LogP contribution in [-0.4, -0.2) is 24.7 Å². The van der Waals surface area contributed by atoms with E-state index in [4.69, 9.17) is 4.74 Å². The number of hydrogen-bond acceptors (Lipinski definition) is 2. The van der Waals surface area contributed by atoms with Crippen molar-refractivity contribution in [3.05, 3.63) is 35.9 Å². The van der Waals surface area contributed by atoms with Crippen LogP contribution in [0.3, 0.4) is 0 Å². The van der Waals surface area contributed by atoms with Crippen molar-refractivity contribution in [1.29, 1.82) is 0 Å². The number of nitrogens with one attached hydrogen (secondary N) is 1. The summed E-state index contributed by atoms with van der Waals surface area (Å²) in [4.78, 5) is 12.4. The van der Waals surface area contributed by atoms with Gasteiger partial charge in [-0.15, -0.1) is 0 Å². The number of rotatable bonds is 4. The van der Waals surface area contributed by atoms with Gasteiger partial charge in [0.25, 0.3) is 0 Å². The monoisotopic (exact) mass is 273 g/mol. The topological polar surface area (TPSA) is 38.3 Å². The third-order valence-electron chi connectivity index (χ3n) is 4.63. The number of hydrogen-bond donors (Lipinski definition) is 1. The SMILES string of the molecule is O=C(NC1(Cc2ccccc2)CCCC1)C1CCOC1. The van der Waals surface area contributed by atoms with Crippen molar-refractivity contribution >= 4 is 5.91 Å². The lowest BCUT2D eigenvalue weighted by Crippen LogP contribution is -2.50. The summed E-state index contributed by atoms with van der Waals surface area (Å²) in [5, 5.41) is 3.36. The Balaban J connectivity index is 1.69. The van der Waals surface area contributed by atoms with Gasteiger partial charge in [-0.3, -0.25) is 4.79 Å². The first-order chi connectivity index (χ1) is 9.77. The summed E-state index contributed by atoms with van der Waals surface area (Å²) in [5.41, 5.74) is 1.29. The van der Waals surface area contributed by atoms with E-state index in [0.29, 0.717) is 6.61 Å². The second kappa shape index (κ2) is 5.96. The molecule has 0 bridgehead atoms. The fourth-order valence-corrected chi connectivity index (χ4v) is 3.49. The van der Waals surface area contributed by atoms with E-state index in [1.54, 1.807) is 0 Å². The molecule has 0 aromatic heterocycles. The number of ether oxygens (including phenoxy) is 1. The molecule has 3 rings (SSSR count). The molecule has 1 saturated carbocycles. The largest absolute Gasteiger partial charge is 0.381 e. The van der Waals surface area contributed by atoms with E-state index in [2.05, 4.69) is 29.6 Å². The maximum Gasteiger partial charge on any atom is 0.225 e. The molecule has 1 amide bonds. The number of amides is 1. The van der Waals surface area contributed by atoms with Gasteiger partial charge in [0, 0.05) is 12.1 Å². The number of carbonyl (C=O) groups excluding carboxylic acids is 1. The van der Waals surface area contributed by atoms with Gasteiger partial charge < -0.3 is 10.1 Å². The van der Waals surface area contributed by atoms with E-state index >= 15 is 0 Å². The molecular weight excluding hydrogens is 250 g/mol. The normalized spacial score (nSPS) is 24.7. The lowest BCUT2D eigenvalue weighted by atomic mass is 9.88. The van der Waals surface area contributed by atoms with Crippen LogP contribution < -0.4 is 5.32 Å². The van der Waals surface area contributed by atoms with Crippen LogP contribution in [0.5, 0.6) is 0 Å². The summed E-state index contributed by atoms with van der Waals surface area (Å²) in [5.74, 6) is 0.253. The molecule has 1 aromatic carbocycles. The van der Waals surface area contributed by atoms with Gasteiger partial charge in [-0.05, 0) is 31.2 Å². The van der Waals surface area contributed by atoms with Gasteiger partial charge in [0.05, 0.1) is 12.5 Å². The molecule has 1 aliphatic heterocycles. The smallest absolute Gasteiger partial charge is 0.225 e. The zero-order valence-electron chi connectivity index (χ0n) is 11.9. The van der Waals surface area contributed by atoms with Crippen molar-refractivity contribution < 1.29 is 9.53 Å². The van der Waals surface area contributed by atoms with Gasteiger partial charge in [0.2, 0.25) is 5.91 Å². The lowest BCUT2D eigenvalue weighted by molar-refractivity contribution is -0.126. The Morgan fingerprint density at radius 1 is 1.25 bits per heavy atom. The van der Waals surface area contributed by atoms with E-state index in [1.807, 2.05) is 6.07 Å². The van der Waals surface area contributed by atoms with Crippen molar-refractivity contribution in [1.82, 2.24) is 5.32 Å². The van der Waals surface area contributed by atoms with Gasteiger partial charge in [-0.2, -0.15) is 0 Å². The first-order valence-electron chi connectivity index (χ1n) is 7.71. The molecule has 1 atom stereocenters. The Kier molecular flexibility index (Phi) is 4.06. The summed E-state index contributed by atoms with van der Waals surface area (Å²) in [6, 6.07) is 10.5. The predicted molar refractivity (Wildman–Crippen MR) is 78.4 cm³/mol. The van der Waals surface area contributed by atoms with E-state index in [-0.39, 0.29) is 17.4 Å². The standard InChI is InChI=1S/C17H23NO2/c19-16(15-8-11-20-13-15)18-17(9-4-5-10-17)12-14-6-2-1-3-7-14/h1-3,6-7,15H,4-5,8-13H2,(H,18,19). The Hall–Kier alpha value is -1.35. The second-order valence-corrected chi connectivity index (χ2v) is 6.20. The minimum Gasteiger partial charge on any atom is -0.381 e. The lowest BCUT2D eigenvalue weighted by Gasteiger charge is -2.31. The zero-order chi connectivity index (χ0) is 13.8. The summed E-state index contributed by atoms with van der Waals surface area (Å²) in [6.45, 7) is 1.32. The van der Waals surface area contributed by atoms with Crippen molar-refractivity contribution in [3.63, 3.8) is 0 Å². The van der Waals surface area contributed by atoms with Crippen LogP contribution in [0.15, 0.2) is 30.3 Å². The molecule has 1 N–H and O–H groups in total. The second-order valence-electron chi connectivity index (χ2n) is 6.20. The van der Waals surface area contributed by atoms with Gasteiger partial charge in [-0.1, -0.05) is 43.2 Å². The highest BCUT2D eigenvalue weighted by Crippen LogP contribution is 2.33. The zero-order valence-corrected chi connectivity index (χ0v) is 11.9. The Bertz CT molecular complexity index is 445. The molecule has 3 heteroatoms. The van der Waals surface area contributed by atoms with E-state index < -0.39 is 0 Å². The summed E-state index contributed by atoms with van der Waals surface area (Å²) in [7, 11) is 0. The Labute approximate surface area is 120 Å². The van der Waals surface area contributed by atoms with Crippen LogP contribution in [0.25, 0.3) is 0 Å². The van der Waals surface area contributed by atoms with Gasteiger partial charge in [-0.25, -0.2) is 0 Å². The molecule has 108 valence electrons. The van der Waals surface area contributed by atoms with Crippen LogP contribution in [0.4, 0.5) is 0 Å². The summed E-state index contributed by atoms with van der Waals surface area (Å²) in [6.07, 6.45) is 6.45.